The lowest BCUT2D eigenvalue weighted by Gasteiger charge is -2.30. The Labute approximate surface area is 184 Å². The topological polar surface area (TPSA) is 82.1 Å². The molecule has 6 heteroatoms. The average molecular weight is 418 g/mol. The molecule has 6 nitrogen and oxygen atoms in total. The first-order valence-corrected chi connectivity index (χ1v) is 11.1. The van der Waals surface area contributed by atoms with Crippen molar-refractivity contribution in [2.75, 3.05) is 25.0 Å². The van der Waals surface area contributed by atoms with Gasteiger partial charge in [-0.3, -0.25) is 0 Å². The smallest absolute Gasteiger partial charge is 0.223 e. The molecule has 2 heterocycles. The molecule has 0 bridgehead atoms. The van der Waals surface area contributed by atoms with Crippen LogP contribution in [0.15, 0.2) is 60.8 Å². The standard InChI is InChI=1S/C25H31N5O/c1-18-16-26-12-10-23(18)29-17-20-3-2-4-21(15-20)24-11-14-28-25(30-24)27-13-9-19-5-7-22(31)8-6-19/h2-8,11,14-15,18,23,26,29,31H,9-10,12-13,16-17H2,1H3,(H,27,28,30)/t18-,23+/m0/s1. The van der Waals surface area contributed by atoms with Crippen LogP contribution in [0.1, 0.15) is 24.5 Å². The molecule has 1 aromatic heterocycles. The van der Waals surface area contributed by atoms with Crippen LogP contribution in [0.4, 0.5) is 5.95 Å². The molecule has 3 aromatic rings. The molecule has 0 saturated carbocycles. The number of piperidine rings is 1. The summed E-state index contributed by atoms with van der Waals surface area (Å²) in [7, 11) is 0. The number of benzene rings is 2. The molecule has 1 saturated heterocycles. The highest BCUT2D eigenvalue weighted by molar-refractivity contribution is 5.60. The molecule has 2 atom stereocenters. The SMILES string of the molecule is C[C@H]1CNCC[C@H]1NCc1cccc(-c2ccnc(NCCc3ccc(O)cc3)n2)c1. The van der Waals surface area contributed by atoms with Gasteiger partial charge in [0.2, 0.25) is 5.95 Å². The molecule has 0 spiro atoms. The summed E-state index contributed by atoms with van der Waals surface area (Å²) < 4.78 is 0. The molecule has 0 amide bonds. The molecule has 0 radical (unpaired) electrons. The number of aromatic hydroxyl groups is 1. The maximum atomic E-state index is 9.39. The van der Waals surface area contributed by atoms with Gasteiger partial charge >= 0.3 is 0 Å². The Morgan fingerprint density at radius 1 is 1.10 bits per heavy atom. The van der Waals surface area contributed by atoms with E-state index in [1.807, 2.05) is 18.2 Å². The monoisotopic (exact) mass is 417 g/mol. The predicted molar refractivity (Wildman–Crippen MR) is 125 cm³/mol. The molecule has 4 rings (SSSR count). The zero-order valence-electron chi connectivity index (χ0n) is 18.0. The highest BCUT2D eigenvalue weighted by atomic mass is 16.3. The molecule has 2 aromatic carbocycles. The highest BCUT2D eigenvalue weighted by Gasteiger charge is 2.20. The fourth-order valence-corrected chi connectivity index (χ4v) is 3.99. The molecule has 4 N–H and O–H groups in total. The van der Waals surface area contributed by atoms with Crippen molar-refractivity contribution in [3.05, 3.63) is 71.9 Å². The molecule has 31 heavy (non-hydrogen) atoms. The van der Waals surface area contributed by atoms with Crippen LogP contribution in [-0.2, 0) is 13.0 Å². The van der Waals surface area contributed by atoms with Crippen LogP contribution in [0, 0.1) is 5.92 Å². The van der Waals surface area contributed by atoms with E-state index in [1.165, 1.54) is 12.0 Å². The number of anilines is 1. The van der Waals surface area contributed by atoms with Gasteiger partial charge in [-0.1, -0.05) is 37.3 Å². The Balaban J connectivity index is 1.35. The minimum Gasteiger partial charge on any atom is -0.508 e. The van der Waals surface area contributed by atoms with E-state index < -0.39 is 0 Å². The van der Waals surface area contributed by atoms with Gasteiger partial charge in [-0.2, -0.15) is 0 Å². The molecule has 1 fully saturated rings. The van der Waals surface area contributed by atoms with Gasteiger partial charge in [-0.15, -0.1) is 0 Å². The van der Waals surface area contributed by atoms with E-state index in [-0.39, 0.29) is 5.75 Å². The first-order valence-electron chi connectivity index (χ1n) is 11.1. The fourth-order valence-electron chi connectivity index (χ4n) is 3.99. The van der Waals surface area contributed by atoms with Crippen LogP contribution in [-0.4, -0.2) is 40.8 Å². The first-order chi connectivity index (χ1) is 15.2. The Hall–Kier alpha value is -2.96. The van der Waals surface area contributed by atoms with Crippen molar-refractivity contribution in [3.63, 3.8) is 0 Å². The van der Waals surface area contributed by atoms with E-state index in [2.05, 4.69) is 52.1 Å². The van der Waals surface area contributed by atoms with Crippen molar-refractivity contribution in [2.24, 2.45) is 5.92 Å². The second kappa shape index (κ2) is 10.4. The highest BCUT2D eigenvalue weighted by Crippen LogP contribution is 2.20. The third-order valence-corrected chi connectivity index (χ3v) is 5.87. The third kappa shape index (κ3) is 6.03. The molecular formula is C25H31N5O. The normalized spacial score (nSPS) is 18.6. The van der Waals surface area contributed by atoms with Gasteiger partial charge in [-0.05, 0) is 67.2 Å². The average Bonchev–Trinajstić information content (AvgIpc) is 2.80. The number of nitrogens with zero attached hydrogens (tertiary/aromatic N) is 2. The number of phenolic OH excluding ortho intramolecular Hbond substituents is 1. The van der Waals surface area contributed by atoms with E-state index in [0.29, 0.717) is 17.9 Å². The summed E-state index contributed by atoms with van der Waals surface area (Å²) in [5, 5.41) is 19.9. The van der Waals surface area contributed by atoms with Crippen LogP contribution < -0.4 is 16.0 Å². The lowest BCUT2D eigenvalue weighted by Crippen LogP contribution is -2.45. The summed E-state index contributed by atoms with van der Waals surface area (Å²) in [6, 6.07) is 18.4. The van der Waals surface area contributed by atoms with Gasteiger partial charge in [0.25, 0.3) is 0 Å². The largest absolute Gasteiger partial charge is 0.508 e. The summed E-state index contributed by atoms with van der Waals surface area (Å²) in [6.45, 7) is 6.07. The van der Waals surface area contributed by atoms with Crippen molar-refractivity contribution in [1.29, 1.82) is 0 Å². The molecule has 1 aliphatic heterocycles. The zero-order chi connectivity index (χ0) is 21.5. The Morgan fingerprint density at radius 2 is 1.97 bits per heavy atom. The third-order valence-electron chi connectivity index (χ3n) is 5.87. The predicted octanol–water partition coefficient (Wildman–Crippen LogP) is 3.59. The van der Waals surface area contributed by atoms with Crippen molar-refractivity contribution < 1.29 is 5.11 Å². The van der Waals surface area contributed by atoms with E-state index in [9.17, 15) is 5.11 Å². The van der Waals surface area contributed by atoms with Gasteiger partial charge < -0.3 is 21.1 Å². The maximum Gasteiger partial charge on any atom is 0.223 e. The Morgan fingerprint density at radius 3 is 2.81 bits per heavy atom. The minimum atomic E-state index is 0.287. The molecule has 0 aliphatic carbocycles. The van der Waals surface area contributed by atoms with E-state index in [0.717, 1.165) is 49.4 Å². The molecular weight excluding hydrogens is 386 g/mol. The van der Waals surface area contributed by atoms with Crippen LogP contribution in [0.3, 0.4) is 0 Å². The van der Waals surface area contributed by atoms with Crippen LogP contribution in [0.25, 0.3) is 11.3 Å². The van der Waals surface area contributed by atoms with Gasteiger partial charge in [0.15, 0.2) is 0 Å². The van der Waals surface area contributed by atoms with Crippen molar-refractivity contribution in [2.45, 2.75) is 32.4 Å². The number of phenols is 1. The zero-order valence-corrected chi connectivity index (χ0v) is 18.0. The van der Waals surface area contributed by atoms with Crippen molar-refractivity contribution in [1.82, 2.24) is 20.6 Å². The maximum absolute atomic E-state index is 9.39. The van der Waals surface area contributed by atoms with Crippen molar-refractivity contribution >= 4 is 5.95 Å². The summed E-state index contributed by atoms with van der Waals surface area (Å²) in [6.07, 6.45) is 3.81. The van der Waals surface area contributed by atoms with Gasteiger partial charge in [0.05, 0.1) is 5.69 Å². The first kappa shape index (κ1) is 21.3. The molecule has 162 valence electrons. The molecule has 0 unspecified atom stereocenters. The van der Waals surface area contributed by atoms with E-state index >= 15 is 0 Å². The molecule has 1 aliphatic rings. The fraction of sp³-hybridized carbons (Fsp3) is 0.360. The lowest BCUT2D eigenvalue weighted by molar-refractivity contribution is 0.295. The second-order valence-electron chi connectivity index (χ2n) is 8.27. The van der Waals surface area contributed by atoms with Crippen LogP contribution in [0.5, 0.6) is 5.75 Å². The van der Waals surface area contributed by atoms with Crippen LogP contribution in [0.2, 0.25) is 0 Å². The number of aromatic nitrogens is 2. The van der Waals surface area contributed by atoms with E-state index in [1.54, 1.807) is 18.3 Å². The number of nitrogens with one attached hydrogen (secondary N) is 3. The number of rotatable bonds is 8. The number of hydrogen-bond acceptors (Lipinski definition) is 6. The van der Waals surface area contributed by atoms with Gasteiger partial charge in [0, 0.05) is 30.9 Å². The number of hydrogen-bond donors (Lipinski definition) is 4. The van der Waals surface area contributed by atoms with Crippen molar-refractivity contribution in [3.8, 4) is 17.0 Å². The van der Waals surface area contributed by atoms with Gasteiger partial charge in [-0.25, -0.2) is 9.97 Å². The Kier molecular flexibility index (Phi) is 7.12. The lowest BCUT2D eigenvalue weighted by atomic mass is 9.95. The summed E-state index contributed by atoms with van der Waals surface area (Å²) in [5.74, 6) is 1.56. The van der Waals surface area contributed by atoms with E-state index in [4.69, 9.17) is 4.98 Å². The summed E-state index contributed by atoms with van der Waals surface area (Å²) >= 11 is 0. The van der Waals surface area contributed by atoms with Gasteiger partial charge in [0.1, 0.15) is 5.75 Å². The minimum absolute atomic E-state index is 0.287. The Bertz CT molecular complexity index is 976. The summed E-state index contributed by atoms with van der Waals surface area (Å²) in [4.78, 5) is 9.06. The quantitative estimate of drug-likeness (QED) is 0.448. The van der Waals surface area contributed by atoms with Crippen LogP contribution >= 0.6 is 0 Å². The summed E-state index contributed by atoms with van der Waals surface area (Å²) in [5.41, 5.74) is 4.44. The second-order valence-corrected chi connectivity index (χ2v) is 8.27.